The van der Waals surface area contributed by atoms with Crippen molar-refractivity contribution in [2.45, 2.75) is 26.2 Å². The molecule has 0 aliphatic heterocycles. The van der Waals surface area contributed by atoms with Gasteiger partial charge in [-0.05, 0) is 76.7 Å². The van der Waals surface area contributed by atoms with Gasteiger partial charge in [-0.15, -0.1) is 0 Å². The molecular formula is C46H34N2O. The van der Waals surface area contributed by atoms with Gasteiger partial charge < -0.3 is 13.6 Å². The lowest BCUT2D eigenvalue weighted by Crippen LogP contribution is -2.10. The molecule has 10 rings (SSSR count). The molecule has 0 aliphatic carbocycles. The maximum absolute atomic E-state index is 6.55. The second-order valence-corrected chi connectivity index (χ2v) is 14.2. The lowest BCUT2D eigenvalue weighted by Gasteiger charge is -2.19. The van der Waals surface area contributed by atoms with Crippen LogP contribution in [-0.2, 0) is 5.41 Å². The summed E-state index contributed by atoms with van der Waals surface area (Å²) in [6.07, 6.45) is 0. The maximum atomic E-state index is 6.55. The minimum Gasteiger partial charge on any atom is -0.454 e. The van der Waals surface area contributed by atoms with Gasteiger partial charge >= 0.3 is 0 Å². The first kappa shape index (κ1) is 28.0. The fourth-order valence-electron chi connectivity index (χ4n) is 7.86. The van der Waals surface area contributed by atoms with Crippen molar-refractivity contribution in [3.05, 3.63) is 157 Å². The van der Waals surface area contributed by atoms with E-state index in [1.807, 2.05) is 6.07 Å². The van der Waals surface area contributed by atoms with E-state index in [9.17, 15) is 0 Å². The fourth-order valence-corrected chi connectivity index (χ4v) is 7.86. The Morgan fingerprint density at radius 3 is 1.80 bits per heavy atom. The summed E-state index contributed by atoms with van der Waals surface area (Å²) in [6, 6.07) is 55.1. The second kappa shape index (κ2) is 10.2. The molecule has 3 heteroatoms. The third kappa shape index (κ3) is 4.15. The Labute approximate surface area is 284 Å². The van der Waals surface area contributed by atoms with Crippen molar-refractivity contribution in [3.63, 3.8) is 0 Å². The molecule has 0 atom stereocenters. The van der Waals surface area contributed by atoms with Gasteiger partial charge in [-0.25, -0.2) is 0 Å². The van der Waals surface area contributed by atoms with Crippen LogP contribution in [0, 0.1) is 0 Å². The van der Waals surface area contributed by atoms with Gasteiger partial charge in [0.25, 0.3) is 0 Å². The van der Waals surface area contributed by atoms with Gasteiger partial charge in [-0.3, -0.25) is 0 Å². The van der Waals surface area contributed by atoms with Gasteiger partial charge in [0, 0.05) is 38.0 Å². The SMILES string of the molecule is CC(C)(C)c1ccc(-n2c3ccccc3c3cc(-c4ccc5c6ccccc6n(-c6cccc7c6oc6ccccc67)c5c4)ccc32)cc1. The van der Waals surface area contributed by atoms with Gasteiger partial charge in [0.05, 0.1) is 27.8 Å². The summed E-state index contributed by atoms with van der Waals surface area (Å²) in [5.41, 5.74) is 12.6. The molecule has 3 aromatic heterocycles. The summed E-state index contributed by atoms with van der Waals surface area (Å²) >= 11 is 0. The lowest BCUT2D eigenvalue weighted by molar-refractivity contribution is 0.590. The summed E-state index contributed by atoms with van der Waals surface area (Å²) in [4.78, 5) is 0. The van der Waals surface area contributed by atoms with Crippen LogP contribution in [-0.4, -0.2) is 9.13 Å². The molecule has 0 saturated carbocycles. The van der Waals surface area contributed by atoms with Crippen molar-refractivity contribution in [3.8, 4) is 22.5 Å². The minimum absolute atomic E-state index is 0.111. The van der Waals surface area contributed by atoms with Crippen molar-refractivity contribution >= 4 is 65.6 Å². The van der Waals surface area contributed by atoms with Crippen LogP contribution < -0.4 is 0 Å². The number of hydrogen-bond donors (Lipinski definition) is 0. The van der Waals surface area contributed by atoms with Crippen LogP contribution in [0.2, 0.25) is 0 Å². The number of hydrogen-bond acceptors (Lipinski definition) is 1. The Kier molecular flexibility index (Phi) is 5.84. The average molecular weight is 631 g/mol. The number of furan rings is 1. The van der Waals surface area contributed by atoms with Crippen molar-refractivity contribution in [1.82, 2.24) is 9.13 Å². The molecule has 0 fully saturated rings. The van der Waals surface area contributed by atoms with Crippen LogP contribution in [0.25, 0.3) is 88.1 Å². The van der Waals surface area contributed by atoms with Gasteiger partial charge in [0.15, 0.2) is 5.58 Å². The van der Waals surface area contributed by atoms with E-state index in [1.165, 1.54) is 60.5 Å². The smallest absolute Gasteiger partial charge is 0.159 e. The van der Waals surface area contributed by atoms with Crippen LogP contribution >= 0.6 is 0 Å². The largest absolute Gasteiger partial charge is 0.454 e. The van der Waals surface area contributed by atoms with Crippen molar-refractivity contribution in [2.75, 3.05) is 0 Å². The molecule has 0 amide bonds. The average Bonchev–Trinajstić information content (AvgIpc) is 3.78. The Balaban J connectivity index is 1.18. The van der Waals surface area contributed by atoms with E-state index in [-0.39, 0.29) is 5.41 Å². The summed E-state index contributed by atoms with van der Waals surface area (Å²) < 4.78 is 11.3. The topological polar surface area (TPSA) is 23.0 Å². The van der Waals surface area contributed by atoms with Crippen LogP contribution in [0.4, 0.5) is 0 Å². The summed E-state index contributed by atoms with van der Waals surface area (Å²) in [6.45, 7) is 6.79. The molecule has 0 unspecified atom stereocenters. The molecule has 3 nitrogen and oxygen atoms in total. The highest BCUT2D eigenvalue weighted by molar-refractivity contribution is 6.14. The number of benzene rings is 7. The van der Waals surface area contributed by atoms with Crippen LogP contribution in [0.3, 0.4) is 0 Å². The molecule has 49 heavy (non-hydrogen) atoms. The molecule has 0 bridgehead atoms. The zero-order valence-electron chi connectivity index (χ0n) is 27.7. The number of rotatable bonds is 3. The zero-order chi connectivity index (χ0) is 32.9. The van der Waals surface area contributed by atoms with Gasteiger partial charge in [0.2, 0.25) is 0 Å². The Morgan fingerprint density at radius 1 is 0.429 bits per heavy atom. The Bertz CT molecular complexity index is 2910. The normalized spacial score (nSPS) is 12.4. The first-order valence-electron chi connectivity index (χ1n) is 17.0. The highest BCUT2D eigenvalue weighted by atomic mass is 16.3. The fraction of sp³-hybridized carbons (Fsp3) is 0.0870. The number of aromatic nitrogens is 2. The minimum atomic E-state index is 0.111. The highest BCUT2D eigenvalue weighted by Crippen LogP contribution is 2.40. The summed E-state index contributed by atoms with van der Waals surface area (Å²) in [7, 11) is 0. The molecular weight excluding hydrogens is 597 g/mol. The second-order valence-electron chi connectivity index (χ2n) is 14.2. The molecule has 10 aromatic rings. The monoisotopic (exact) mass is 630 g/mol. The Hall–Kier alpha value is -6.06. The van der Waals surface area contributed by atoms with Gasteiger partial charge in [-0.1, -0.05) is 118 Å². The third-order valence-electron chi connectivity index (χ3n) is 10.3. The van der Waals surface area contributed by atoms with Crippen LogP contribution in [0.1, 0.15) is 26.3 Å². The van der Waals surface area contributed by atoms with Crippen molar-refractivity contribution in [1.29, 1.82) is 0 Å². The number of para-hydroxylation sites is 4. The molecule has 0 radical (unpaired) electrons. The van der Waals surface area contributed by atoms with Gasteiger partial charge in [0.1, 0.15) is 5.58 Å². The lowest BCUT2D eigenvalue weighted by atomic mass is 9.87. The Morgan fingerprint density at radius 2 is 1.02 bits per heavy atom. The molecule has 0 aliphatic rings. The maximum Gasteiger partial charge on any atom is 0.159 e. The van der Waals surface area contributed by atoms with E-state index in [2.05, 4.69) is 175 Å². The van der Waals surface area contributed by atoms with E-state index < -0.39 is 0 Å². The first-order valence-corrected chi connectivity index (χ1v) is 17.0. The predicted octanol–water partition coefficient (Wildman–Crippen LogP) is 12.7. The summed E-state index contributed by atoms with van der Waals surface area (Å²) in [5.74, 6) is 0. The van der Waals surface area contributed by atoms with Crippen LogP contribution in [0.5, 0.6) is 0 Å². The predicted molar refractivity (Wildman–Crippen MR) is 207 cm³/mol. The van der Waals surface area contributed by atoms with Crippen LogP contribution in [0.15, 0.2) is 156 Å². The highest BCUT2D eigenvalue weighted by Gasteiger charge is 2.19. The molecule has 0 saturated heterocycles. The van der Waals surface area contributed by atoms with E-state index in [0.29, 0.717) is 0 Å². The molecule has 0 N–H and O–H groups in total. The van der Waals surface area contributed by atoms with Crippen molar-refractivity contribution in [2.24, 2.45) is 0 Å². The van der Waals surface area contributed by atoms with E-state index in [4.69, 9.17) is 4.42 Å². The zero-order valence-corrected chi connectivity index (χ0v) is 27.7. The van der Waals surface area contributed by atoms with E-state index in [1.54, 1.807) is 0 Å². The number of nitrogens with zero attached hydrogens (tertiary/aromatic N) is 2. The molecule has 7 aromatic carbocycles. The molecule has 234 valence electrons. The molecule has 3 heterocycles. The van der Waals surface area contributed by atoms with Gasteiger partial charge in [-0.2, -0.15) is 0 Å². The third-order valence-corrected chi connectivity index (χ3v) is 10.3. The summed E-state index contributed by atoms with van der Waals surface area (Å²) in [5, 5.41) is 7.23. The molecule has 0 spiro atoms. The van der Waals surface area contributed by atoms with Crippen molar-refractivity contribution < 1.29 is 4.42 Å². The first-order chi connectivity index (χ1) is 23.9. The van der Waals surface area contributed by atoms with E-state index >= 15 is 0 Å². The number of fused-ring (bicyclic) bond motifs is 9. The van der Waals surface area contributed by atoms with E-state index in [0.717, 1.165) is 33.1 Å². The standard InChI is InChI=1S/C46H34N2O/c1-46(2,3)31-21-23-32(24-22-31)47-39-15-7-5-12-34(39)38-27-29(20-26-41(38)47)30-19-25-35-33-11-4-8-16-40(33)48(43(35)28-30)42-17-10-14-37-36-13-6-9-18-44(36)49-45(37)42/h4-28H,1-3H3. The quantitative estimate of drug-likeness (QED) is 0.190.